The van der Waals surface area contributed by atoms with Gasteiger partial charge < -0.3 is 4.74 Å². The lowest BCUT2D eigenvalue weighted by Gasteiger charge is -2.23. The smallest absolute Gasteiger partial charge is 0.212 e. The van der Waals surface area contributed by atoms with Gasteiger partial charge >= 0.3 is 0 Å². The van der Waals surface area contributed by atoms with E-state index in [-0.39, 0.29) is 11.8 Å². The summed E-state index contributed by atoms with van der Waals surface area (Å²) in [6, 6.07) is 5.79. The number of methoxy groups -OCH3 is 1. The molecule has 0 unspecified atom stereocenters. The van der Waals surface area contributed by atoms with Crippen LogP contribution in [0, 0.1) is 5.92 Å². The molecule has 1 aromatic carbocycles. The Hall–Kier alpha value is -1.07. The largest absolute Gasteiger partial charge is 0.496 e. The summed E-state index contributed by atoms with van der Waals surface area (Å²) in [5, 5.41) is 0. The van der Waals surface area contributed by atoms with Crippen molar-refractivity contribution in [3.8, 4) is 5.75 Å². The molecule has 122 valence electrons. The molecule has 1 aromatic rings. The number of benzene rings is 1. The molecule has 22 heavy (non-hydrogen) atoms. The summed E-state index contributed by atoms with van der Waals surface area (Å²) in [6.45, 7) is 0. The van der Waals surface area contributed by atoms with Crippen LogP contribution in [0.5, 0.6) is 5.75 Å². The first-order valence-electron chi connectivity index (χ1n) is 8.25. The molecule has 0 aromatic heterocycles. The summed E-state index contributed by atoms with van der Waals surface area (Å²) in [5.41, 5.74) is 2.22. The van der Waals surface area contributed by atoms with Crippen LogP contribution in [0.4, 0.5) is 0 Å². The van der Waals surface area contributed by atoms with Crippen LogP contribution in [-0.4, -0.2) is 21.3 Å². The van der Waals surface area contributed by atoms with E-state index in [2.05, 4.69) is 4.72 Å². The van der Waals surface area contributed by atoms with Crippen molar-refractivity contribution in [3.05, 3.63) is 29.3 Å². The van der Waals surface area contributed by atoms with E-state index in [0.717, 1.165) is 42.6 Å². The van der Waals surface area contributed by atoms with Crippen LogP contribution in [0.25, 0.3) is 0 Å². The molecular formula is C17H25NO3S. The predicted octanol–water partition coefficient (Wildman–Crippen LogP) is 3.18. The van der Waals surface area contributed by atoms with E-state index in [1.54, 1.807) is 7.11 Å². The number of hydrogen-bond donors (Lipinski definition) is 1. The lowest BCUT2D eigenvalue weighted by Crippen LogP contribution is -2.33. The maximum atomic E-state index is 12.5. The molecule has 0 spiro atoms. The minimum Gasteiger partial charge on any atom is -0.496 e. The Morgan fingerprint density at radius 3 is 2.68 bits per heavy atom. The molecule has 1 saturated carbocycles. The summed E-state index contributed by atoms with van der Waals surface area (Å²) >= 11 is 0. The lowest BCUT2D eigenvalue weighted by atomic mass is 9.91. The molecule has 1 fully saturated rings. The van der Waals surface area contributed by atoms with Crippen LogP contribution in [-0.2, 0) is 16.4 Å². The van der Waals surface area contributed by atoms with Gasteiger partial charge in [-0.05, 0) is 48.8 Å². The van der Waals surface area contributed by atoms with Gasteiger partial charge in [0.1, 0.15) is 5.75 Å². The fourth-order valence-corrected chi connectivity index (χ4v) is 5.59. The number of fused-ring (bicyclic) bond motifs is 1. The molecule has 0 heterocycles. The Balaban J connectivity index is 1.69. The van der Waals surface area contributed by atoms with Gasteiger partial charge in [-0.2, -0.15) is 0 Å². The first kappa shape index (κ1) is 15.8. The minimum absolute atomic E-state index is 0.0984. The molecule has 0 saturated heterocycles. The zero-order valence-electron chi connectivity index (χ0n) is 13.2. The van der Waals surface area contributed by atoms with Crippen molar-refractivity contribution in [3.63, 3.8) is 0 Å². The first-order valence-corrected chi connectivity index (χ1v) is 9.90. The van der Waals surface area contributed by atoms with Gasteiger partial charge in [0.15, 0.2) is 0 Å². The summed E-state index contributed by atoms with van der Waals surface area (Å²) in [4.78, 5) is 0. The van der Waals surface area contributed by atoms with Crippen molar-refractivity contribution >= 4 is 10.0 Å². The van der Waals surface area contributed by atoms with Gasteiger partial charge in [-0.3, -0.25) is 0 Å². The second-order valence-corrected chi connectivity index (χ2v) is 8.32. The van der Waals surface area contributed by atoms with Gasteiger partial charge in [0.2, 0.25) is 10.0 Å². The third-order valence-electron chi connectivity index (χ3n) is 4.95. The molecule has 1 N–H and O–H groups in total. The second-order valence-electron chi connectivity index (χ2n) is 6.52. The first-order chi connectivity index (χ1) is 10.6. The van der Waals surface area contributed by atoms with Crippen molar-refractivity contribution < 1.29 is 13.2 Å². The predicted molar refractivity (Wildman–Crippen MR) is 87.6 cm³/mol. The van der Waals surface area contributed by atoms with E-state index in [1.165, 1.54) is 19.3 Å². The van der Waals surface area contributed by atoms with Crippen LogP contribution in [0.3, 0.4) is 0 Å². The van der Waals surface area contributed by atoms with E-state index < -0.39 is 10.0 Å². The molecule has 0 bridgehead atoms. The Morgan fingerprint density at radius 2 is 1.95 bits per heavy atom. The summed E-state index contributed by atoms with van der Waals surface area (Å²) in [6.07, 6.45) is 7.38. The lowest BCUT2D eigenvalue weighted by molar-refractivity contribution is 0.383. The number of sulfonamides is 1. The molecular weight excluding hydrogens is 298 g/mol. The summed E-state index contributed by atoms with van der Waals surface area (Å²) < 4.78 is 33.3. The fourth-order valence-electron chi connectivity index (χ4n) is 3.86. The van der Waals surface area contributed by atoms with Gasteiger partial charge in [0.05, 0.1) is 12.9 Å². The highest BCUT2D eigenvalue weighted by atomic mass is 32.2. The molecule has 0 radical (unpaired) electrons. The minimum atomic E-state index is -3.22. The standard InChI is InChI=1S/C17H25NO3S/c1-21-17-9-5-8-14-15(17)10-11-16(14)18-22(19,20)12-13-6-3-2-4-7-13/h5,8-9,13,16,18H,2-4,6-7,10-12H2,1H3/t16-/m0/s1. The van der Waals surface area contributed by atoms with Crippen LogP contribution >= 0.6 is 0 Å². The van der Waals surface area contributed by atoms with Crippen molar-refractivity contribution in [1.29, 1.82) is 0 Å². The monoisotopic (exact) mass is 323 g/mol. The summed E-state index contributed by atoms with van der Waals surface area (Å²) in [5.74, 6) is 1.48. The second kappa shape index (κ2) is 6.59. The van der Waals surface area contributed by atoms with Crippen LogP contribution in [0.1, 0.15) is 55.7 Å². The van der Waals surface area contributed by atoms with E-state index in [1.807, 2.05) is 18.2 Å². The maximum Gasteiger partial charge on any atom is 0.212 e. The average molecular weight is 323 g/mol. The van der Waals surface area contributed by atoms with E-state index in [0.29, 0.717) is 5.92 Å². The Kier molecular flexibility index (Phi) is 4.73. The number of nitrogens with one attached hydrogen (secondary N) is 1. The molecule has 0 amide bonds. The van der Waals surface area contributed by atoms with E-state index >= 15 is 0 Å². The third kappa shape index (κ3) is 3.46. The SMILES string of the molecule is COc1cccc2c1CC[C@@H]2NS(=O)(=O)CC1CCCCC1. The van der Waals surface area contributed by atoms with E-state index in [9.17, 15) is 8.42 Å². The van der Waals surface area contributed by atoms with Crippen molar-refractivity contribution in [2.24, 2.45) is 5.92 Å². The molecule has 0 aliphatic heterocycles. The highest BCUT2D eigenvalue weighted by Gasteiger charge is 2.30. The Labute approximate surface area is 133 Å². The number of hydrogen-bond acceptors (Lipinski definition) is 3. The molecule has 1 atom stereocenters. The normalized spacial score (nSPS) is 22.5. The topological polar surface area (TPSA) is 55.4 Å². The van der Waals surface area contributed by atoms with Crippen molar-refractivity contribution in [1.82, 2.24) is 4.72 Å². The highest BCUT2D eigenvalue weighted by Crippen LogP contribution is 2.37. The van der Waals surface area contributed by atoms with Gasteiger partial charge in [-0.1, -0.05) is 31.4 Å². The molecule has 2 aliphatic carbocycles. The Morgan fingerprint density at radius 1 is 1.18 bits per heavy atom. The van der Waals surface area contributed by atoms with Gasteiger partial charge in [0.25, 0.3) is 0 Å². The zero-order valence-corrected chi connectivity index (χ0v) is 14.0. The van der Waals surface area contributed by atoms with E-state index in [4.69, 9.17) is 4.74 Å². The summed E-state index contributed by atoms with van der Waals surface area (Å²) in [7, 11) is -1.55. The van der Waals surface area contributed by atoms with Crippen LogP contribution in [0.2, 0.25) is 0 Å². The van der Waals surface area contributed by atoms with Crippen molar-refractivity contribution in [2.45, 2.75) is 51.0 Å². The highest BCUT2D eigenvalue weighted by molar-refractivity contribution is 7.89. The number of ether oxygens (including phenoxy) is 1. The van der Waals surface area contributed by atoms with Crippen molar-refractivity contribution in [2.75, 3.05) is 12.9 Å². The van der Waals surface area contributed by atoms with Crippen LogP contribution < -0.4 is 9.46 Å². The maximum absolute atomic E-state index is 12.5. The number of rotatable bonds is 5. The fraction of sp³-hybridized carbons (Fsp3) is 0.647. The van der Waals surface area contributed by atoms with Crippen LogP contribution in [0.15, 0.2) is 18.2 Å². The Bertz CT molecular complexity index is 621. The van der Waals surface area contributed by atoms with Gasteiger partial charge in [0, 0.05) is 6.04 Å². The molecule has 5 heteroatoms. The quantitative estimate of drug-likeness (QED) is 0.905. The van der Waals surface area contributed by atoms with Gasteiger partial charge in [-0.15, -0.1) is 0 Å². The van der Waals surface area contributed by atoms with Gasteiger partial charge in [-0.25, -0.2) is 13.1 Å². The third-order valence-corrected chi connectivity index (χ3v) is 6.50. The molecule has 4 nitrogen and oxygen atoms in total. The molecule has 3 rings (SSSR count). The molecule has 2 aliphatic rings. The average Bonchev–Trinajstić information content (AvgIpc) is 2.90. The zero-order chi connectivity index (χ0) is 15.6.